The van der Waals surface area contributed by atoms with E-state index < -0.39 is 0 Å². The number of amides is 1. The number of piperidine rings is 1. The summed E-state index contributed by atoms with van der Waals surface area (Å²) in [5.41, 5.74) is 5.21. The van der Waals surface area contributed by atoms with Crippen LogP contribution < -0.4 is 11.1 Å². The lowest BCUT2D eigenvalue weighted by Gasteiger charge is -2.31. The molecule has 3 heterocycles. The summed E-state index contributed by atoms with van der Waals surface area (Å²) in [6.45, 7) is 1.99. The third kappa shape index (κ3) is 3.22. The molecule has 8 nitrogen and oxygen atoms in total. The van der Waals surface area contributed by atoms with E-state index in [2.05, 4.69) is 25.3 Å². The van der Waals surface area contributed by atoms with Crippen molar-refractivity contribution in [1.82, 2.24) is 24.5 Å². The van der Waals surface area contributed by atoms with Crippen molar-refractivity contribution in [3.8, 4) is 0 Å². The number of halogens is 1. The molecular weight excluding hydrogens is 294 g/mol. The average Bonchev–Trinajstić information content (AvgIpc) is 2.88. The van der Waals surface area contributed by atoms with E-state index in [1.165, 1.54) is 6.33 Å². The molecule has 1 saturated heterocycles. The number of rotatable bonds is 4. The standard InChI is InChI=1S/C12H16ClN7O/c13-9-5-11(20-12(18-9)15-7-16-20)17-8-1-3-19(4-2-8)6-10(14)21/h5,7-8,17H,1-4,6H2,(H2,14,21). The van der Waals surface area contributed by atoms with Crippen molar-refractivity contribution in [2.75, 3.05) is 25.0 Å². The van der Waals surface area contributed by atoms with Crippen molar-refractivity contribution in [2.45, 2.75) is 18.9 Å². The first kappa shape index (κ1) is 14.0. The maximum atomic E-state index is 10.9. The van der Waals surface area contributed by atoms with Crippen molar-refractivity contribution in [2.24, 2.45) is 5.73 Å². The van der Waals surface area contributed by atoms with Gasteiger partial charge in [0.1, 0.15) is 17.3 Å². The van der Waals surface area contributed by atoms with E-state index in [-0.39, 0.29) is 5.91 Å². The molecule has 9 heteroatoms. The number of hydrogen-bond acceptors (Lipinski definition) is 6. The number of fused-ring (bicyclic) bond motifs is 1. The molecular formula is C12H16ClN7O. The van der Waals surface area contributed by atoms with E-state index in [1.807, 2.05) is 0 Å². The topological polar surface area (TPSA) is 101 Å². The van der Waals surface area contributed by atoms with Gasteiger partial charge < -0.3 is 11.1 Å². The molecule has 0 aromatic carbocycles. The van der Waals surface area contributed by atoms with Crippen LogP contribution >= 0.6 is 11.6 Å². The number of primary amides is 1. The first-order chi connectivity index (χ1) is 10.1. The molecule has 0 aliphatic carbocycles. The van der Waals surface area contributed by atoms with Crippen molar-refractivity contribution in [3.63, 3.8) is 0 Å². The smallest absolute Gasteiger partial charge is 0.255 e. The number of hydrogen-bond donors (Lipinski definition) is 2. The molecule has 0 spiro atoms. The Morgan fingerprint density at radius 2 is 2.24 bits per heavy atom. The molecule has 1 fully saturated rings. The minimum absolute atomic E-state index is 0.286. The lowest BCUT2D eigenvalue weighted by atomic mass is 10.1. The van der Waals surface area contributed by atoms with E-state index in [0.29, 0.717) is 23.5 Å². The van der Waals surface area contributed by atoms with Crippen LogP contribution in [0.1, 0.15) is 12.8 Å². The highest BCUT2D eigenvalue weighted by Gasteiger charge is 2.21. The van der Waals surface area contributed by atoms with Crippen LogP contribution in [0.2, 0.25) is 5.15 Å². The zero-order chi connectivity index (χ0) is 14.8. The SMILES string of the molecule is NC(=O)CN1CCC(Nc2cc(Cl)nc3ncnn23)CC1. The Bertz CT molecular complexity index is 650. The molecule has 3 rings (SSSR count). The molecule has 3 N–H and O–H groups in total. The van der Waals surface area contributed by atoms with Gasteiger partial charge in [0.15, 0.2) is 0 Å². The molecule has 2 aromatic rings. The van der Waals surface area contributed by atoms with Gasteiger partial charge in [0, 0.05) is 25.2 Å². The highest BCUT2D eigenvalue weighted by molar-refractivity contribution is 6.29. The number of likely N-dealkylation sites (tertiary alicyclic amines) is 1. The predicted octanol–water partition coefficient (Wildman–Crippen LogP) is 0.139. The lowest BCUT2D eigenvalue weighted by Crippen LogP contribution is -2.43. The lowest BCUT2D eigenvalue weighted by molar-refractivity contribution is -0.119. The summed E-state index contributed by atoms with van der Waals surface area (Å²) in [6.07, 6.45) is 3.28. The quantitative estimate of drug-likeness (QED) is 0.779. The molecule has 21 heavy (non-hydrogen) atoms. The average molecular weight is 310 g/mol. The summed E-state index contributed by atoms with van der Waals surface area (Å²) < 4.78 is 1.63. The first-order valence-electron chi connectivity index (χ1n) is 6.75. The maximum absolute atomic E-state index is 10.9. The molecule has 0 saturated carbocycles. The summed E-state index contributed by atoms with van der Waals surface area (Å²) in [4.78, 5) is 21.1. The Balaban J connectivity index is 1.67. The van der Waals surface area contributed by atoms with E-state index in [4.69, 9.17) is 17.3 Å². The van der Waals surface area contributed by atoms with Crippen molar-refractivity contribution >= 4 is 29.1 Å². The normalized spacial score (nSPS) is 17.2. The molecule has 1 aliphatic rings. The van der Waals surface area contributed by atoms with Crippen LogP contribution in [0.25, 0.3) is 5.78 Å². The highest BCUT2D eigenvalue weighted by atomic mass is 35.5. The number of nitrogens with two attached hydrogens (primary N) is 1. The van der Waals surface area contributed by atoms with Gasteiger partial charge in [-0.1, -0.05) is 11.6 Å². The van der Waals surface area contributed by atoms with Gasteiger partial charge in [0.25, 0.3) is 5.78 Å². The fourth-order valence-corrected chi connectivity index (χ4v) is 2.73. The Morgan fingerprint density at radius 3 is 2.95 bits per heavy atom. The molecule has 2 aromatic heterocycles. The number of nitrogens with zero attached hydrogens (tertiary/aromatic N) is 5. The molecule has 0 unspecified atom stereocenters. The van der Waals surface area contributed by atoms with Gasteiger partial charge in [-0.3, -0.25) is 9.69 Å². The maximum Gasteiger partial charge on any atom is 0.255 e. The zero-order valence-corrected chi connectivity index (χ0v) is 12.1. The predicted molar refractivity (Wildman–Crippen MR) is 78.1 cm³/mol. The fourth-order valence-electron chi connectivity index (χ4n) is 2.55. The van der Waals surface area contributed by atoms with Gasteiger partial charge in [-0.15, -0.1) is 0 Å². The van der Waals surface area contributed by atoms with Gasteiger partial charge in [0.2, 0.25) is 5.91 Å². The van der Waals surface area contributed by atoms with Gasteiger partial charge in [-0.2, -0.15) is 19.6 Å². The fraction of sp³-hybridized carbons (Fsp3) is 0.500. The Hall–Kier alpha value is -1.93. The third-order valence-electron chi connectivity index (χ3n) is 3.54. The van der Waals surface area contributed by atoms with Crippen LogP contribution in [0, 0.1) is 0 Å². The summed E-state index contributed by atoms with van der Waals surface area (Å²) in [5.74, 6) is 0.957. The first-order valence-corrected chi connectivity index (χ1v) is 7.13. The third-order valence-corrected chi connectivity index (χ3v) is 3.73. The van der Waals surface area contributed by atoms with E-state index in [0.717, 1.165) is 31.7 Å². The summed E-state index contributed by atoms with van der Waals surface area (Å²) in [7, 11) is 0. The monoisotopic (exact) mass is 309 g/mol. The summed E-state index contributed by atoms with van der Waals surface area (Å²) in [6, 6.07) is 2.03. The molecule has 112 valence electrons. The van der Waals surface area contributed by atoms with Crippen LogP contribution in [0.5, 0.6) is 0 Å². The van der Waals surface area contributed by atoms with E-state index >= 15 is 0 Å². The van der Waals surface area contributed by atoms with Gasteiger partial charge in [-0.05, 0) is 12.8 Å². The Morgan fingerprint density at radius 1 is 1.48 bits per heavy atom. The molecule has 0 radical (unpaired) electrons. The summed E-state index contributed by atoms with van der Waals surface area (Å²) >= 11 is 5.99. The zero-order valence-electron chi connectivity index (χ0n) is 11.4. The molecule has 1 aliphatic heterocycles. The largest absolute Gasteiger partial charge is 0.369 e. The second-order valence-electron chi connectivity index (χ2n) is 5.10. The molecule has 1 amide bonds. The van der Waals surface area contributed by atoms with Crippen LogP contribution in [0.4, 0.5) is 5.82 Å². The molecule has 0 bridgehead atoms. The van der Waals surface area contributed by atoms with Crippen LogP contribution in [-0.2, 0) is 4.79 Å². The summed E-state index contributed by atoms with van der Waals surface area (Å²) in [5, 5.41) is 7.93. The van der Waals surface area contributed by atoms with Crippen LogP contribution in [0.3, 0.4) is 0 Å². The highest BCUT2D eigenvalue weighted by Crippen LogP contribution is 2.19. The minimum atomic E-state index is -0.286. The second kappa shape index (κ2) is 5.82. The molecule has 0 atom stereocenters. The Labute approximate surface area is 126 Å². The number of aromatic nitrogens is 4. The number of carbonyl (C=O) groups excluding carboxylic acids is 1. The minimum Gasteiger partial charge on any atom is -0.369 e. The van der Waals surface area contributed by atoms with E-state index in [1.54, 1.807) is 10.6 Å². The van der Waals surface area contributed by atoms with Crippen LogP contribution in [-0.4, -0.2) is 56.1 Å². The van der Waals surface area contributed by atoms with Gasteiger partial charge >= 0.3 is 0 Å². The van der Waals surface area contributed by atoms with Crippen molar-refractivity contribution < 1.29 is 4.79 Å². The number of carbonyl (C=O) groups is 1. The van der Waals surface area contributed by atoms with Crippen LogP contribution in [0.15, 0.2) is 12.4 Å². The van der Waals surface area contributed by atoms with E-state index in [9.17, 15) is 4.79 Å². The number of nitrogens with one attached hydrogen (secondary N) is 1. The van der Waals surface area contributed by atoms with Crippen molar-refractivity contribution in [1.29, 1.82) is 0 Å². The van der Waals surface area contributed by atoms with Crippen molar-refractivity contribution in [3.05, 3.63) is 17.5 Å². The number of anilines is 1. The van der Waals surface area contributed by atoms with Gasteiger partial charge in [-0.25, -0.2) is 0 Å². The van der Waals surface area contributed by atoms with Gasteiger partial charge in [0.05, 0.1) is 6.54 Å². The second-order valence-corrected chi connectivity index (χ2v) is 5.48. The Kier molecular flexibility index (Phi) is 3.89.